The number of ether oxygens (including phenoxy) is 1. The predicted octanol–water partition coefficient (Wildman–Crippen LogP) is 2.52. The first-order valence-electron chi connectivity index (χ1n) is 6.80. The molecule has 1 aliphatic heterocycles. The monoisotopic (exact) mass is 257 g/mol. The summed E-state index contributed by atoms with van der Waals surface area (Å²) in [4.78, 5) is 7.20. The minimum Gasteiger partial charge on any atom is -0.490 e. The number of rotatable bonds is 3. The maximum absolute atomic E-state index is 6.04. The molecule has 4 heteroatoms. The minimum atomic E-state index is 0.346. The van der Waals surface area contributed by atoms with Crippen LogP contribution in [0.5, 0.6) is 5.75 Å². The third kappa shape index (κ3) is 2.79. The van der Waals surface area contributed by atoms with Crippen LogP contribution in [0, 0.1) is 6.92 Å². The van der Waals surface area contributed by atoms with Gasteiger partial charge in [0.15, 0.2) is 0 Å². The normalized spacial score (nSPS) is 16.5. The van der Waals surface area contributed by atoms with Gasteiger partial charge < -0.3 is 15.0 Å². The van der Waals surface area contributed by atoms with Gasteiger partial charge >= 0.3 is 0 Å². The lowest BCUT2D eigenvalue weighted by atomic mass is 10.1. The van der Waals surface area contributed by atoms with E-state index in [-0.39, 0.29) is 0 Å². The molecule has 4 nitrogen and oxygen atoms in total. The second-order valence-electron chi connectivity index (χ2n) is 5.01. The molecule has 19 heavy (non-hydrogen) atoms. The molecule has 1 saturated heterocycles. The Balaban J connectivity index is 1.75. The van der Waals surface area contributed by atoms with Crippen molar-refractivity contribution in [3.63, 3.8) is 0 Å². The molecule has 1 fully saturated rings. The number of hydrogen-bond acceptors (Lipinski definition) is 3. The summed E-state index contributed by atoms with van der Waals surface area (Å²) in [7, 11) is 0. The zero-order chi connectivity index (χ0) is 13.1. The molecule has 0 bridgehead atoms. The molecule has 0 unspecified atom stereocenters. The highest BCUT2D eigenvalue weighted by Gasteiger charge is 2.14. The smallest absolute Gasteiger partial charge is 0.120 e. The van der Waals surface area contributed by atoms with E-state index in [0.717, 1.165) is 37.4 Å². The van der Waals surface area contributed by atoms with Gasteiger partial charge in [-0.3, -0.25) is 0 Å². The number of piperidine rings is 1. The summed E-state index contributed by atoms with van der Waals surface area (Å²) >= 11 is 0. The molecule has 0 spiro atoms. The lowest BCUT2D eigenvalue weighted by molar-refractivity contribution is 0.162. The molecular weight excluding hydrogens is 238 g/mol. The molecular formula is C15H19N3O. The van der Waals surface area contributed by atoms with Gasteiger partial charge in [-0.05, 0) is 56.6 Å². The van der Waals surface area contributed by atoms with Crippen LogP contribution in [0.15, 0.2) is 30.7 Å². The van der Waals surface area contributed by atoms with Crippen LogP contribution in [0.4, 0.5) is 0 Å². The standard InChI is InChI=1S/C15H19N3O/c1-11-8-13(19-12-4-6-16-7-5-12)2-3-14(11)15-9-17-10-18-15/h2-3,8-10,12,16H,4-7H2,1H3,(H,17,18). The third-order valence-electron chi connectivity index (χ3n) is 3.58. The summed E-state index contributed by atoms with van der Waals surface area (Å²) in [6, 6.07) is 6.25. The summed E-state index contributed by atoms with van der Waals surface area (Å²) in [6.07, 6.45) is 6.06. The van der Waals surface area contributed by atoms with Gasteiger partial charge in [-0.1, -0.05) is 0 Å². The Morgan fingerprint density at radius 3 is 2.79 bits per heavy atom. The first kappa shape index (κ1) is 12.2. The fraction of sp³-hybridized carbons (Fsp3) is 0.400. The maximum Gasteiger partial charge on any atom is 0.120 e. The van der Waals surface area contributed by atoms with E-state index in [1.165, 1.54) is 11.1 Å². The molecule has 2 aromatic rings. The van der Waals surface area contributed by atoms with E-state index in [4.69, 9.17) is 4.74 Å². The molecule has 2 heterocycles. The summed E-state index contributed by atoms with van der Waals surface area (Å²) in [6.45, 7) is 4.21. The minimum absolute atomic E-state index is 0.346. The van der Waals surface area contributed by atoms with E-state index in [2.05, 4.69) is 34.3 Å². The van der Waals surface area contributed by atoms with Gasteiger partial charge in [-0.15, -0.1) is 0 Å². The van der Waals surface area contributed by atoms with E-state index < -0.39 is 0 Å². The second kappa shape index (κ2) is 5.45. The first-order chi connectivity index (χ1) is 9.33. The highest BCUT2D eigenvalue weighted by atomic mass is 16.5. The number of nitrogens with zero attached hydrogens (tertiary/aromatic N) is 1. The van der Waals surface area contributed by atoms with Gasteiger partial charge in [-0.2, -0.15) is 0 Å². The average molecular weight is 257 g/mol. The molecule has 1 aromatic carbocycles. The molecule has 0 aliphatic carbocycles. The molecule has 1 aliphatic rings. The Bertz CT molecular complexity index is 530. The first-order valence-corrected chi connectivity index (χ1v) is 6.80. The van der Waals surface area contributed by atoms with Crippen LogP contribution in [-0.4, -0.2) is 29.2 Å². The maximum atomic E-state index is 6.04. The third-order valence-corrected chi connectivity index (χ3v) is 3.58. The molecule has 2 N–H and O–H groups in total. The largest absolute Gasteiger partial charge is 0.490 e. The van der Waals surface area contributed by atoms with E-state index in [1.807, 2.05) is 12.3 Å². The van der Waals surface area contributed by atoms with Crippen molar-refractivity contribution in [3.8, 4) is 17.0 Å². The zero-order valence-corrected chi connectivity index (χ0v) is 11.1. The lowest BCUT2D eigenvalue weighted by Gasteiger charge is -2.24. The van der Waals surface area contributed by atoms with Crippen LogP contribution >= 0.6 is 0 Å². The number of benzene rings is 1. The highest BCUT2D eigenvalue weighted by molar-refractivity contribution is 5.63. The molecule has 0 atom stereocenters. The van der Waals surface area contributed by atoms with E-state index >= 15 is 0 Å². The van der Waals surface area contributed by atoms with Gasteiger partial charge in [0, 0.05) is 5.56 Å². The molecule has 100 valence electrons. The Hall–Kier alpha value is -1.81. The van der Waals surface area contributed by atoms with Crippen LogP contribution < -0.4 is 10.1 Å². The van der Waals surface area contributed by atoms with Crippen molar-refractivity contribution in [1.82, 2.24) is 15.3 Å². The van der Waals surface area contributed by atoms with Crippen molar-refractivity contribution in [1.29, 1.82) is 0 Å². The molecule has 1 aromatic heterocycles. The van der Waals surface area contributed by atoms with E-state index in [1.54, 1.807) is 6.33 Å². The summed E-state index contributed by atoms with van der Waals surface area (Å²) in [5, 5.41) is 3.35. The average Bonchev–Trinajstić information content (AvgIpc) is 2.94. The number of imidazole rings is 1. The van der Waals surface area contributed by atoms with Crippen molar-refractivity contribution < 1.29 is 4.74 Å². The van der Waals surface area contributed by atoms with Crippen LogP contribution in [0.25, 0.3) is 11.3 Å². The van der Waals surface area contributed by atoms with Crippen molar-refractivity contribution in [3.05, 3.63) is 36.3 Å². The van der Waals surface area contributed by atoms with Crippen LogP contribution in [0.1, 0.15) is 18.4 Å². The Morgan fingerprint density at radius 2 is 2.11 bits per heavy atom. The number of H-pyrrole nitrogens is 1. The van der Waals surface area contributed by atoms with E-state index in [9.17, 15) is 0 Å². The Morgan fingerprint density at radius 1 is 1.26 bits per heavy atom. The van der Waals surface area contributed by atoms with Crippen LogP contribution in [0.3, 0.4) is 0 Å². The Labute approximate surface area is 113 Å². The fourth-order valence-electron chi connectivity index (χ4n) is 2.52. The summed E-state index contributed by atoms with van der Waals surface area (Å²) in [5.74, 6) is 0.965. The molecule has 0 saturated carbocycles. The Kier molecular flexibility index (Phi) is 3.51. The molecule has 0 amide bonds. The SMILES string of the molecule is Cc1cc(OC2CCNCC2)ccc1-c1cnc[nH]1. The van der Waals surface area contributed by atoms with Gasteiger partial charge in [0.25, 0.3) is 0 Å². The summed E-state index contributed by atoms with van der Waals surface area (Å²) in [5.41, 5.74) is 3.43. The number of aryl methyl sites for hydroxylation is 1. The van der Waals surface area contributed by atoms with E-state index in [0.29, 0.717) is 6.10 Å². The van der Waals surface area contributed by atoms with Crippen molar-refractivity contribution in [2.45, 2.75) is 25.9 Å². The second-order valence-corrected chi connectivity index (χ2v) is 5.01. The van der Waals surface area contributed by atoms with Crippen molar-refractivity contribution in [2.24, 2.45) is 0 Å². The number of aromatic nitrogens is 2. The van der Waals surface area contributed by atoms with Crippen LogP contribution in [0.2, 0.25) is 0 Å². The zero-order valence-electron chi connectivity index (χ0n) is 11.1. The van der Waals surface area contributed by atoms with Crippen molar-refractivity contribution in [2.75, 3.05) is 13.1 Å². The van der Waals surface area contributed by atoms with Gasteiger partial charge in [0.2, 0.25) is 0 Å². The quantitative estimate of drug-likeness (QED) is 0.888. The van der Waals surface area contributed by atoms with Crippen LogP contribution in [-0.2, 0) is 0 Å². The molecule has 3 rings (SSSR count). The van der Waals surface area contributed by atoms with Gasteiger partial charge in [0.1, 0.15) is 11.9 Å². The number of aromatic amines is 1. The van der Waals surface area contributed by atoms with Crippen molar-refractivity contribution >= 4 is 0 Å². The highest BCUT2D eigenvalue weighted by Crippen LogP contribution is 2.26. The topological polar surface area (TPSA) is 49.9 Å². The number of hydrogen-bond donors (Lipinski definition) is 2. The lowest BCUT2D eigenvalue weighted by Crippen LogP contribution is -2.34. The fourth-order valence-corrected chi connectivity index (χ4v) is 2.52. The predicted molar refractivity (Wildman–Crippen MR) is 75.3 cm³/mol. The van der Waals surface area contributed by atoms with Gasteiger partial charge in [0.05, 0.1) is 18.2 Å². The van der Waals surface area contributed by atoms with Gasteiger partial charge in [-0.25, -0.2) is 4.98 Å². The summed E-state index contributed by atoms with van der Waals surface area (Å²) < 4.78 is 6.04. The number of nitrogens with one attached hydrogen (secondary N) is 2. The molecule has 0 radical (unpaired) electrons.